The van der Waals surface area contributed by atoms with E-state index in [0.717, 1.165) is 40.5 Å². The molecule has 6 nitrogen and oxygen atoms in total. The Morgan fingerprint density at radius 2 is 1.93 bits per heavy atom. The van der Waals surface area contributed by atoms with Crippen molar-refractivity contribution < 1.29 is 4.74 Å². The summed E-state index contributed by atoms with van der Waals surface area (Å²) in [5.74, 6) is 1.92. The Kier molecular flexibility index (Phi) is 5.97. The second-order valence-electron chi connectivity index (χ2n) is 7.50. The first kappa shape index (κ1) is 19.7. The highest BCUT2D eigenvalue weighted by molar-refractivity contribution is 7.15. The number of hydrogen-bond acceptors (Lipinski definition) is 7. The highest BCUT2D eigenvalue weighted by atomic mass is 32.1. The molecule has 0 aliphatic carbocycles. The number of methoxy groups -OCH3 is 1. The van der Waals surface area contributed by atoms with Crippen molar-refractivity contribution in [3.05, 3.63) is 53.3 Å². The zero-order valence-corrected chi connectivity index (χ0v) is 17.7. The molecule has 7 heteroatoms. The first-order valence-electron chi connectivity index (χ1n) is 9.89. The number of thiazole rings is 1. The topological polar surface area (TPSA) is 76.3 Å². The zero-order chi connectivity index (χ0) is 20.2. The maximum atomic E-state index is 6.10. The van der Waals surface area contributed by atoms with Crippen LogP contribution in [-0.4, -0.2) is 42.1 Å². The van der Waals surface area contributed by atoms with Crippen molar-refractivity contribution in [2.75, 3.05) is 38.3 Å². The van der Waals surface area contributed by atoms with Gasteiger partial charge in [0.1, 0.15) is 11.6 Å². The molecule has 0 radical (unpaired) electrons. The van der Waals surface area contributed by atoms with Crippen LogP contribution in [0.1, 0.15) is 29.3 Å². The van der Waals surface area contributed by atoms with Crippen LogP contribution in [0.5, 0.6) is 5.75 Å². The van der Waals surface area contributed by atoms with Crippen LogP contribution in [0.4, 0.5) is 11.5 Å². The fraction of sp³-hybridized carbons (Fsp3) is 0.364. The van der Waals surface area contributed by atoms with Gasteiger partial charge >= 0.3 is 0 Å². The molecular weight excluding hydrogens is 382 g/mol. The van der Waals surface area contributed by atoms with Gasteiger partial charge in [0.2, 0.25) is 0 Å². The number of anilines is 2. The molecule has 29 heavy (non-hydrogen) atoms. The number of rotatable bonds is 6. The molecule has 0 spiro atoms. The third-order valence-corrected chi connectivity index (χ3v) is 6.65. The number of nitrogens with zero attached hydrogens (tertiary/aromatic N) is 3. The summed E-state index contributed by atoms with van der Waals surface area (Å²) in [6.07, 6.45) is 6.16. The average Bonchev–Trinajstić information content (AvgIpc) is 3.24. The molecule has 0 unspecified atom stereocenters. The summed E-state index contributed by atoms with van der Waals surface area (Å²) in [6.45, 7) is 2.95. The van der Waals surface area contributed by atoms with E-state index in [-0.39, 0.29) is 0 Å². The van der Waals surface area contributed by atoms with Crippen LogP contribution in [0.3, 0.4) is 0 Å². The van der Waals surface area contributed by atoms with Crippen LogP contribution in [0.2, 0.25) is 0 Å². The zero-order valence-electron chi connectivity index (χ0n) is 16.9. The van der Waals surface area contributed by atoms with Crippen LogP contribution in [0.15, 0.2) is 42.7 Å². The lowest BCUT2D eigenvalue weighted by Crippen LogP contribution is -2.29. The third-order valence-electron chi connectivity index (χ3n) is 5.44. The Morgan fingerprint density at radius 1 is 1.17 bits per heavy atom. The van der Waals surface area contributed by atoms with Crippen molar-refractivity contribution in [2.45, 2.75) is 25.3 Å². The number of nitrogens with one attached hydrogen (secondary N) is 1. The van der Waals surface area contributed by atoms with E-state index in [9.17, 15) is 0 Å². The van der Waals surface area contributed by atoms with Crippen molar-refractivity contribution in [3.63, 3.8) is 0 Å². The van der Waals surface area contributed by atoms with Gasteiger partial charge in [-0.05, 0) is 56.7 Å². The van der Waals surface area contributed by atoms with Gasteiger partial charge in [0.25, 0.3) is 0 Å². The van der Waals surface area contributed by atoms with Crippen LogP contribution < -0.4 is 15.8 Å². The van der Waals surface area contributed by atoms with E-state index in [1.54, 1.807) is 18.4 Å². The summed E-state index contributed by atoms with van der Waals surface area (Å²) in [4.78, 5) is 12.6. The number of ether oxygens (including phenoxy) is 1. The molecule has 3 aromatic rings. The molecule has 2 aromatic heterocycles. The molecule has 3 heterocycles. The molecule has 152 valence electrons. The second-order valence-corrected chi connectivity index (χ2v) is 8.56. The van der Waals surface area contributed by atoms with Gasteiger partial charge in [-0.3, -0.25) is 0 Å². The number of nitrogens with two attached hydrogens (primary N) is 1. The van der Waals surface area contributed by atoms with Crippen LogP contribution in [0.25, 0.3) is 10.4 Å². The van der Waals surface area contributed by atoms with Gasteiger partial charge in [0.05, 0.1) is 22.7 Å². The van der Waals surface area contributed by atoms with Gasteiger partial charge in [0.15, 0.2) is 0 Å². The quantitative estimate of drug-likeness (QED) is 0.635. The standard InChI is InChI=1S/C22H27N5OS/c1-27-9-7-16(8-10-27)22-26-14-20(29-22)17-11-19(21(23)25-13-17)24-12-15-3-5-18(28-2)6-4-15/h3-6,11,13-14,16,24H,7-10,12H2,1-2H3,(H2,23,25). The van der Waals surface area contributed by atoms with Crippen LogP contribution >= 0.6 is 11.3 Å². The molecule has 0 atom stereocenters. The van der Waals surface area contributed by atoms with Gasteiger partial charge in [-0.1, -0.05) is 12.1 Å². The minimum atomic E-state index is 0.502. The predicted octanol–water partition coefficient (Wildman–Crippen LogP) is 4.22. The first-order chi connectivity index (χ1) is 14.1. The van der Waals surface area contributed by atoms with E-state index in [4.69, 9.17) is 15.5 Å². The van der Waals surface area contributed by atoms with Gasteiger partial charge in [0, 0.05) is 30.4 Å². The van der Waals surface area contributed by atoms with E-state index >= 15 is 0 Å². The van der Waals surface area contributed by atoms with Gasteiger partial charge in [-0.15, -0.1) is 11.3 Å². The molecule has 4 rings (SSSR count). The number of pyridine rings is 1. The summed E-state index contributed by atoms with van der Waals surface area (Å²) in [5.41, 5.74) is 9.14. The number of likely N-dealkylation sites (tertiary alicyclic amines) is 1. The van der Waals surface area contributed by atoms with Crippen LogP contribution in [-0.2, 0) is 6.54 Å². The number of piperidine rings is 1. The van der Waals surface area contributed by atoms with E-state index in [1.165, 1.54) is 17.8 Å². The summed E-state index contributed by atoms with van der Waals surface area (Å²) in [5, 5.41) is 4.64. The molecule has 3 N–H and O–H groups in total. The normalized spacial score (nSPS) is 15.4. The highest BCUT2D eigenvalue weighted by Crippen LogP contribution is 2.35. The van der Waals surface area contributed by atoms with Crippen molar-refractivity contribution in [3.8, 4) is 16.2 Å². The largest absolute Gasteiger partial charge is 0.497 e. The average molecular weight is 410 g/mol. The first-order valence-corrected chi connectivity index (χ1v) is 10.7. The van der Waals surface area contributed by atoms with Crippen molar-refractivity contribution in [2.24, 2.45) is 0 Å². The Bertz CT molecular complexity index is 948. The minimum absolute atomic E-state index is 0.502. The SMILES string of the molecule is COc1ccc(CNc2cc(-c3cnc(C4CCN(C)CC4)s3)cnc2N)cc1. The summed E-state index contributed by atoms with van der Waals surface area (Å²) >= 11 is 1.77. The minimum Gasteiger partial charge on any atom is -0.497 e. The smallest absolute Gasteiger partial charge is 0.146 e. The number of hydrogen-bond donors (Lipinski definition) is 2. The Balaban J connectivity index is 1.46. The predicted molar refractivity (Wildman–Crippen MR) is 120 cm³/mol. The third kappa shape index (κ3) is 4.68. The van der Waals surface area contributed by atoms with Crippen molar-refractivity contribution in [1.29, 1.82) is 0 Å². The molecule has 0 saturated carbocycles. The molecule has 1 fully saturated rings. The van der Waals surface area contributed by atoms with E-state index in [1.807, 2.05) is 36.7 Å². The van der Waals surface area contributed by atoms with Crippen molar-refractivity contribution in [1.82, 2.24) is 14.9 Å². The fourth-order valence-electron chi connectivity index (χ4n) is 3.56. The van der Waals surface area contributed by atoms with Gasteiger partial charge in [-0.25, -0.2) is 9.97 Å². The van der Waals surface area contributed by atoms with Crippen LogP contribution in [0, 0.1) is 0 Å². The van der Waals surface area contributed by atoms with E-state index in [0.29, 0.717) is 18.3 Å². The fourth-order valence-corrected chi connectivity index (χ4v) is 4.63. The molecule has 0 bridgehead atoms. The van der Waals surface area contributed by atoms with Gasteiger partial charge < -0.3 is 20.7 Å². The maximum absolute atomic E-state index is 6.10. The second kappa shape index (κ2) is 8.80. The Labute approximate surface area is 175 Å². The number of aromatic nitrogens is 2. The molecule has 1 aliphatic heterocycles. The lowest BCUT2D eigenvalue weighted by atomic mass is 9.98. The Morgan fingerprint density at radius 3 is 2.66 bits per heavy atom. The molecule has 1 aliphatic rings. The van der Waals surface area contributed by atoms with E-state index < -0.39 is 0 Å². The van der Waals surface area contributed by atoms with Gasteiger partial charge in [-0.2, -0.15) is 0 Å². The molecule has 1 aromatic carbocycles. The maximum Gasteiger partial charge on any atom is 0.146 e. The number of nitrogen functional groups attached to an aromatic ring is 1. The van der Waals surface area contributed by atoms with Crippen molar-refractivity contribution >= 4 is 22.8 Å². The molecule has 1 saturated heterocycles. The lowest BCUT2D eigenvalue weighted by molar-refractivity contribution is 0.255. The summed E-state index contributed by atoms with van der Waals surface area (Å²) in [7, 11) is 3.85. The summed E-state index contributed by atoms with van der Waals surface area (Å²) in [6, 6.07) is 10.1. The monoisotopic (exact) mass is 409 g/mol. The summed E-state index contributed by atoms with van der Waals surface area (Å²) < 4.78 is 5.21. The van der Waals surface area contributed by atoms with E-state index in [2.05, 4.69) is 28.3 Å². The molecular formula is C22H27N5OS. The molecule has 0 amide bonds. The lowest BCUT2D eigenvalue weighted by Gasteiger charge is -2.27. The Hall–Kier alpha value is -2.64. The number of benzene rings is 1. The highest BCUT2D eigenvalue weighted by Gasteiger charge is 2.21.